The number of H-pyrrole nitrogens is 1. The summed E-state index contributed by atoms with van der Waals surface area (Å²) in [6.07, 6.45) is 7.53. The van der Waals surface area contributed by atoms with Gasteiger partial charge in [0.15, 0.2) is 0 Å². The van der Waals surface area contributed by atoms with Gasteiger partial charge in [-0.15, -0.1) is 0 Å². The summed E-state index contributed by atoms with van der Waals surface area (Å²) < 4.78 is 10.8. The number of piperazine rings is 1. The minimum atomic E-state index is 0.669. The van der Waals surface area contributed by atoms with Crippen molar-refractivity contribution in [2.45, 2.75) is 25.9 Å². The summed E-state index contributed by atoms with van der Waals surface area (Å²) in [5.74, 6) is 0. The number of aromatic nitrogens is 1. The van der Waals surface area contributed by atoms with E-state index in [0.717, 1.165) is 38.2 Å². The molecule has 2 aromatic carbocycles. The number of ether oxygens (including phenoxy) is 1. The van der Waals surface area contributed by atoms with E-state index < -0.39 is 0 Å². The van der Waals surface area contributed by atoms with Crippen LogP contribution in [0.15, 0.2) is 59.3 Å². The predicted octanol–water partition coefficient (Wildman–Crippen LogP) is 5.21. The van der Waals surface area contributed by atoms with Crippen molar-refractivity contribution >= 4 is 27.6 Å². The Labute approximate surface area is 183 Å². The van der Waals surface area contributed by atoms with Crippen molar-refractivity contribution in [3.63, 3.8) is 0 Å². The van der Waals surface area contributed by atoms with Gasteiger partial charge in [-0.1, -0.05) is 6.07 Å². The molecule has 5 nitrogen and oxygen atoms in total. The number of hydrogen-bond donors (Lipinski definition) is 1. The molecule has 0 unspecified atom stereocenters. The van der Waals surface area contributed by atoms with Gasteiger partial charge in [0.1, 0.15) is 5.58 Å². The van der Waals surface area contributed by atoms with Gasteiger partial charge < -0.3 is 19.0 Å². The third kappa shape index (κ3) is 4.48. The zero-order chi connectivity index (χ0) is 21.0. The molecule has 5 rings (SSSR count). The van der Waals surface area contributed by atoms with Gasteiger partial charge in [-0.3, -0.25) is 4.90 Å². The fourth-order valence-electron chi connectivity index (χ4n) is 4.72. The maximum Gasteiger partial charge on any atom is 0.133 e. The van der Waals surface area contributed by atoms with E-state index in [1.165, 1.54) is 52.5 Å². The van der Waals surface area contributed by atoms with Gasteiger partial charge in [0.05, 0.1) is 12.9 Å². The zero-order valence-corrected chi connectivity index (χ0v) is 18.3. The maximum absolute atomic E-state index is 5.46. The number of nitrogens with zero attached hydrogens (tertiary/aromatic N) is 2. The van der Waals surface area contributed by atoms with Crippen molar-refractivity contribution in [1.82, 2.24) is 9.88 Å². The quantitative estimate of drug-likeness (QED) is 0.400. The number of hydrogen-bond acceptors (Lipinski definition) is 4. The van der Waals surface area contributed by atoms with Crippen LogP contribution in [-0.4, -0.2) is 49.7 Å². The van der Waals surface area contributed by atoms with Crippen molar-refractivity contribution in [2.75, 3.05) is 44.7 Å². The van der Waals surface area contributed by atoms with E-state index in [1.54, 1.807) is 13.4 Å². The Morgan fingerprint density at radius 1 is 1.00 bits per heavy atom. The summed E-state index contributed by atoms with van der Waals surface area (Å²) in [5, 5.41) is 2.53. The van der Waals surface area contributed by atoms with Crippen molar-refractivity contribution in [2.24, 2.45) is 0 Å². The molecule has 0 atom stereocenters. The molecule has 1 saturated heterocycles. The lowest BCUT2D eigenvalue weighted by Crippen LogP contribution is -2.46. The topological polar surface area (TPSA) is 44.6 Å². The van der Waals surface area contributed by atoms with Gasteiger partial charge >= 0.3 is 0 Å². The van der Waals surface area contributed by atoms with Gasteiger partial charge in [-0.05, 0) is 73.3 Å². The van der Waals surface area contributed by atoms with E-state index in [-0.39, 0.29) is 0 Å². The number of rotatable bonds is 8. The average molecular weight is 418 g/mol. The van der Waals surface area contributed by atoms with Crippen LogP contribution in [0.25, 0.3) is 21.9 Å². The molecule has 1 N–H and O–H groups in total. The van der Waals surface area contributed by atoms with Crippen LogP contribution >= 0.6 is 0 Å². The second-order valence-corrected chi connectivity index (χ2v) is 8.56. The molecule has 0 amide bonds. The number of fused-ring (bicyclic) bond motifs is 2. The van der Waals surface area contributed by atoms with Gasteiger partial charge in [-0.2, -0.15) is 0 Å². The van der Waals surface area contributed by atoms with Crippen LogP contribution in [0.4, 0.5) is 5.69 Å². The molecular formula is C26H31N3O2. The summed E-state index contributed by atoms with van der Waals surface area (Å²) in [5.41, 5.74) is 6.15. The fraction of sp³-hybridized carbons (Fsp3) is 0.385. The summed E-state index contributed by atoms with van der Waals surface area (Å²) >= 11 is 0. The van der Waals surface area contributed by atoms with E-state index in [9.17, 15) is 0 Å². The Morgan fingerprint density at radius 3 is 2.77 bits per heavy atom. The van der Waals surface area contributed by atoms with Gasteiger partial charge in [0, 0.05) is 61.5 Å². The Bertz CT molecular complexity index is 1140. The normalized spacial score (nSPS) is 15.3. The van der Waals surface area contributed by atoms with Crippen LogP contribution in [0.1, 0.15) is 24.0 Å². The summed E-state index contributed by atoms with van der Waals surface area (Å²) in [4.78, 5) is 8.52. The molecule has 1 aliphatic rings. The van der Waals surface area contributed by atoms with Crippen LogP contribution in [-0.2, 0) is 17.8 Å². The Balaban J connectivity index is 1.09. The highest BCUT2D eigenvalue weighted by Gasteiger charge is 2.17. The summed E-state index contributed by atoms with van der Waals surface area (Å²) in [6.45, 7) is 6.31. The standard InChI is InChI=1S/C26H31N3O2/c1-30-19-20-5-7-25-24(16-20)22(18-27-25)4-2-3-10-28-11-13-29(14-12-28)23-6-8-26-21(17-23)9-15-31-26/h5-9,15-18,27H,2-4,10-14,19H2,1H3. The number of aryl methyl sites for hydroxylation is 1. The molecule has 31 heavy (non-hydrogen) atoms. The van der Waals surface area contributed by atoms with Crippen LogP contribution < -0.4 is 4.90 Å². The van der Waals surface area contributed by atoms with Crippen molar-refractivity contribution in [3.05, 3.63) is 66.1 Å². The van der Waals surface area contributed by atoms with Crippen LogP contribution in [0.2, 0.25) is 0 Å². The second kappa shape index (κ2) is 9.16. The van der Waals surface area contributed by atoms with E-state index in [1.807, 2.05) is 6.07 Å². The molecule has 1 fully saturated rings. The molecule has 0 aliphatic carbocycles. The maximum atomic E-state index is 5.46. The largest absolute Gasteiger partial charge is 0.464 e. The first-order chi connectivity index (χ1) is 15.3. The molecule has 2 aromatic heterocycles. The summed E-state index contributed by atoms with van der Waals surface area (Å²) in [7, 11) is 1.75. The van der Waals surface area contributed by atoms with Gasteiger partial charge in [0.2, 0.25) is 0 Å². The molecule has 0 bridgehead atoms. The highest BCUT2D eigenvalue weighted by atomic mass is 16.5. The molecular weight excluding hydrogens is 386 g/mol. The predicted molar refractivity (Wildman–Crippen MR) is 127 cm³/mol. The fourth-order valence-corrected chi connectivity index (χ4v) is 4.72. The van der Waals surface area contributed by atoms with E-state index in [0.29, 0.717) is 6.61 Å². The molecule has 0 spiro atoms. The lowest BCUT2D eigenvalue weighted by Gasteiger charge is -2.36. The van der Waals surface area contributed by atoms with Gasteiger partial charge in [-0.25, -0.2) is 0 Å². The lowest BCUT2D eigenvalue weighted by atomic mass is 10.0. The molecule has 0 radical (unpaired) electrons. The van der Waals surface area contributed by atoms with Crippen molar-refractivity contribution < 1.29 is 9.15 Å². The smallest absolute Gasteiger partial charge is 0.133 e. The third-order valence-corrected chi connectivity index (χ3v) is 6.49. The molecule has 0 saturated carbocycles. The number of methoxy groups -OCH3 is 1. The monoisotopic (exact) mass is 417 g/mol. The first-order valence-corrected chi connectivity index (χ1v) is 11.3. The summed E-state index contributed by atoms with van der Waals surface area (Å²) in [6, 6.07) is 15.1. The number of aromatic amines is 1. The molecule has 3 heterocycles. The van der Waals surface area contributed by atoms with E-state index in [2.05, 4.69) is 57.4 Å². The Kier molecular flexibility index (Phi) is 5.96. The molecule has 1 aliphatic heterocycles. The zero-order valence-electron chi connectivity index (χ0n) is 18.3. The van der Waals surface area contributed by atoms with Crippen molar-refractivity contribution in [3.8, 4) is 0 Å². The highest BCUT2D eigenvalue weighted by Crippen LogP contribution is 2.25. The number of benzene rings is 2. The van der Waals surface area contributed by atoms with E-state index >= 15 is 0 Å². The molecule has 162 valence electrons. The minimum absolute atomic E-state index is 0.669. The number of nitrogens with one attached hydrogen (secondary N) is 1. The van der Waals surface area contributed by atoms with Crippen LogP contribution in [0.5, 0.6) is 0 Å². The Morgan fingerprint density at radius 2 is 1.90 bits per heavy atom. The lowest BCUT2D eigenvalue weighted by molar-refractivity contribution is 0.185. The number of furan rings is 1. The van der Waals surface area contributed by atoms with Crippen molar-refractivity contribution in [1.29, 1.82) is 0 Å². The van der Waals surface area contributed by atoms with Crippen LogP contribution in [0.3, 0.4) is 0 Å². The number of unbranched alkanes of at least 4 members (excludes halogenated alkanes) is 1. The SMILES string of the molecule is COCc1ccc2[nH]cc(CCCCN3CCN(c4ccc5occc5c4)CC3)c2c1. The molecule has 5 heteroatoms. The van der Waals surface area contributed by atoms with E-state index in [4.69, 9.17) is 9.15 Å². The molecule has 4 aromatic rings. The first kappa shape index (κ1) is 20.2. The number of anilines is 1. The third-order valence-electron chi connectivity index (χ3n) is 6.49. The second-order valence-electron chi connectivity index (χ2n) is 8.56. The first-order valence-electron chi connectivity index (χ1n) is 11.3. The highest BCUT2D eigenvalue weighted by molar-refractivity contribution is 5.84. The minimum Gasteiger partial charge on any atom is -0.464 e. The average Bonchev–Trinajstić information content (AvgIpc) is 3.43. The van der Waals surface area contributed by atoms with Gasteiger partial charge in [0.25, 0.3) is 0 Å². The van der Waals surface area contributed by atoms with Crippen LogP contribution in [0, 0.1) is 0 Å². The Hall–Kier alpha value is -2.76.